The van der Waals surface area contributed by atoms with Crippen LogP contribution in [0.15, 0.2) is 23.8 Å². The second-order valence-electron chi connectivity index (χ2n) is 6.19. The maximum atomic E-state index is 12.5. The second kappa shape index (κ2) is 4.14. The molecule has 0 aliphatic heterocycles. The smallest absolute Gasteiger partial charge is 0.191 e. The van der Waals surface area contributed by atoms with Crippen LogP contribution in [0.4, 0.5) is 0 Å². The van der Waals surface area contributed by atoms with Gasteiger partial charge in [-0.15, -0.1) is 0 Å². The van der Waals surface area contributed by atoms with Crippen LogP contribution in [-0.4, -0.2) is 24.3 Å². The molecule has 3 nitrogen and oxygen atoms in total. The Morgan fingerprint density at radius 1 is 1.37 bits per heavy atom. The van der Waals surface area contributed by atoms with E-state index in [9.17, 15) is 9.59 Å². The predicted molar refractivity (Wildman–Crippen MR) is 71.5 cm³/mol. The molecule has 0 amide bonds. The molecule has 4 atom stereocenters. The number of allylic oxidation sites excluding steroid dienone is 2. The SMILES string of the molecule is CO[C@]12C=C(C(C)C)[C@H](C=CC1=O)[C@H]1CCC(=O)[C@H]12. The van der Waals surface area contributed by atoms with Crippen LogP contribution >= 0.6 is 0 Å². The van der Waals surface area contributed by atoms with Gasteiger partial charge in [-0.3, -0.25) is 9.59 Å². The number of carbonyl (C=O) groups excluding carboxylic acids is 2. The Bertz CT molecular complexity index is 500. The van der Waals surface area contributed by atoms with Gasteiger partial charge >= 0.3 is 0 Å². The summed E-state index contributed by atoms with van der Waals surface area (Å²) in [5.41, 5.74) is 0.210. The molecule has 0 heterocycles. The molecule has 3 heteroatoms. The first kappa shape index (κ1) is 12.8. The third-order valence-electron chi connectivity index (χ3n) is 5.03. The van der Waals surface area contributed by atoms with Crippen LogP contribution in [0.5, 0.6) is 0 Å². The van der Waals surface area contributed by atoms with Crippen molar-refractivity contribution in [1.29, 1.82) is 0 Å². The lowest BCUT2D eigenvalue weighted by atomic mass is 9.65. The van der Waals surface area contributed by atoms with Crippen molar-refractivity contribution in [3.05, 3.63) is 23.8 Å². The number of rotatable bonds is 2. The average Bonchev–Trinajstić information content (AvgIpc) is 2.65. The molecular formula is C16H20O3. The van der Waals surface area contributed by atoms with Crippen molar-refractivity contribution in [2.75, 3.05) is 7.11 Å². The van der Waals surface area contributed by atoms with Gasteiger partial charge in [0.1, 0.15) is 5.78 Å². The highest BCUT2D eigenvalue weighted by atomic mass is 16.5. The van der Waals surface area contributed by atoms with Gasteiger partial charge in [-0.2, -0.15) is 0 Å². The van der Waals surface area contributed by atoms with Crippen LogP contribution in [0.3, 0.4) is 0 Å². The van der Waals surface area contributed by atoms with E-state index < -0.39 is 5.60 Å². The Balaban J connectivity index is 2.23. The molecular weight excluding hydrogens is 240 g/mol. The molecule has 19 heavy (non-hydrogen) atoms. The molecule has 4 aliphatic rings. The number of hydrogen-bond acceptors (Lipinski definition) is 3. The van der Waals surface area contributed by atoms with Gasteiger partial charge in [0.15, 0.2) is 11.4 Å². The van der Waals surface area contributed by atoms with Gasteiger partial charge in [0.25, 0.3) is 0 Å². The van der Waals surface area contributed by atoms with Crippen molar-refractivity contribution < 1.29 is 14.3 Å². The minimum Gasteiger partial charge on any atom is -0.365 e. The normalized spacial score (nSPS) is 40.6. The number of methoxy groups -OCH3 is 1. The Kier molecular flexibility index (Phi) is 2.79. The zero-order chi connectivity index (χ0) is 13.8. The van der Waals surface area contributed by atoms with Gasteiger partial charge in [-0.25, -0.2) is 0 Å². The van der Waals surface area contributed by atoms with Crippen LogP contribution in [0.2, 0.25) is 0 Å². The molecule has 0 spiro atoms. The molecule has 0 N–H and O–H groups in total. The molecule has 2 bridgehead atoms. The highest BCUT2D eigenvalue weighted by molar-refractivity contribution is 6.05. The number of ether oxygens (including phenoxy) is 1. The van der Waals surface area contributed by atoms with Gasteiger partial charge in [-0.1, -0.05) is 25.5 Å². The van der Waals surface area contributed by atoms with Crippen LogP contribution in [0, 0.1) is 23.7 Å². The van der Waals surface area contributed by atoms with Gasteiger partial charge in [0, 0.05) is 19.4 Å². The van der Waals surface area contributed by atoms with Crippen LogP contribution in [0.25, 0.3) is 0 Å². The van der Waals surface area contributed by atoms with Gasteiger partial charge in [0.05, 0.1) is 5.92 Å². The summed E-state index contributed by atoms with van der Waals surface area (Å²) in [6, 6.07) is 0. The van der Waals surface area contributed by atoms with E-state index in [1.165, 1.54) is 5.57 Å². The van der Waals surface area contributed by atoms with Crippen molar-refractivity contribution in [2.24, 2.45) is 23.7 Å². The average molecular weight is 260 g/mol. The topological polar surface area (TPSA) is 43.4 Å². The van der Waals surface area contributed by atoms with E-state index in [0.29, 0.717) is 12.3 Å². The number of carbonyl (C=O) groups is 2. The molecule has 0 saturated heterocycles. The summed E-state index contributed by atoms with van der Waals surface area (Å²) in [6.07, 6.45) is 7.04. The third-order valence-corrected chi connectivity index (χ3v) is 5.03. The molecule has 4 rings (SSSR count). The first-order valence-corrected chi connectivity index (χ1v) is 7.04. The summed E-state index contributed by atoms with van der Waals surface area (Å²) in [4.78, 5) is 24.7. The third kappa shape index (κ3) is 1.54. The molecule has 1 fully saturated rings. The number of fused-ring (bicyclic) bond motifs is 1. The predicted octanol–water partition coefficient (Wildman–Crippen LogP) is 2.32. The largest absolute Gasteiger partial charge is 0.365 e. The van der Waals surface area contributed by atoms with E-state index in [0.717, 1.165) is 6.42 Å². The molecule has 0 radical (unpaired) electrons. The molecule has 0 aromatic carbocycles. The highest BCUT2D eigenvalue weighted by Gasteiger charge is 2.59. The minimum atomic E-state index is -1.04. The maximum absolute atomic E-state index is 12.5. The molecule has 0 unspecified atom stereocenters. The fraction of sp³-hybridized carbons (Fsp3) is 0.625. The molecule has 4 aliphatic carbocycles. The van der Waals surface area contributed by atoms with E-state index >= 15 is 0 Å². The van der Waals surface area contributed by atoms with Crippen LogP contribution in [0.1, 0.15) is 26.7 Å². The van der Waals surface area contributed by atoms with E-state index in [1.807, 2.05) is 12.2 Å². The van der Waals surface area contributed by atoms with Gasteiger partial charge < -0.3 is 4.74 Å². The molecule has 0 aromatic rings. The lowest BCUT2D eigenvalue weighted by Crippen LogP contribution is -2.52. The fourth-order valence-corrected chi connectivity index (χ4v) is 4.13. The van der Waals surface area contributed by atoms with E-state index in [4.69, 9.17) is 4.74 Å². The fourth-order valence-electron chi connectivity index (χ4n) is 4.13. The Morgan fingerprint density at radius 3 is 2.74 bits per heavy atom. The van der Waals surface area contributed by atoms with Crippen molar-refractivity contribution in [3.63, 3.8) is 0 Å². The number of ketones is 2. The Morgan fingerprint density at radius 2 is 2.11 bits per heavy atom. The quantitative estimate of drug-likeness (QED) is 0.716. The summed E-state index contributed by atoms with van der Waals surface area (Å²) >= 11 is 0. The Hall–Kier alpha value is -1.22. The lowest BCUT2D eigenvalue weighted by Gasteiger charge is -2.42. The van der Waals surface area contributed by atoms with Crippen molar-refractivity contribution in [3.8, 4) is 0 Å². The minimum absolute atomic E-state index is 0.0709. The van der Waals surface area contributed by atoms with Gasteiger partial charge in [-0.05, 0) is 30.4 Å². The Labute approximate surface area is 113 Å². The van der Waals surface area contributed by atoms with Gasteiger partial charge in [0.2, 0.25) is 0 Å². The number of hydrogen-bond donors (Lipinski definition) is 0. The van der Waals surface area contributed by atoms with E-state index in [1.54, 1.807) is 13.2 Å². The zero-order valence-corrected chi connectivity index (χ0v) is 11.7. The first-order chi connectivity index (χ1) is 9.01. The van der Waals surface area contributed by atoms with Crippen LogP contribution < -0.4 is 0 Å². The van der Waals surface area contributed by atoms with Crippen molar-refractivity contribution in [2.45, 2.75) is 32.3 Å². The van der Waals surface area contributed by atoms with E-state index in [2.05, 4.69) is 13.8 Å². The highest BCUT2D eigenvalue weighted by Crippen LogP contribution is 2.53. The lowest BCUT2D eigenvalue weighted by molar-refractivity contribution is -0.146. The summed E-state index contributed by atoms with van der Waals surface area (Å²) in [5.74, 6) is 0.661. The monoisotopic (exact) mass is 260 g/mol. The molecule has 1 saturated carbocycles. The second-order valence-corrected chi connectivity index (χ2v) is 6.19. The summed E-state index contributed by atoms with van der Waals surface area (Å²) < 4.78 is 5.62. The zero-order valence-electron chi connectivity index (χ0n) is 11.7. The number of Topliss-reactive ketones (excluding diaryl/α,β-unsaturated/α-hetero) is 1. The standard InChI is InChI=1S/C16H20O3/c1-9(2)12-8-16(19-3)14(18)7-5-10(12)11-4-6-13(17)15(11)16/h5,7-11,15H,4,6H2,1-3H3/t10-,11-,15+,16-/m1/s1. The summed E-state index contributed by atoms with van der Waals surface area (Å²) in [7, 11) is 1.55. The molecule has 0 aromatic heterocycles. The maximum Gasteiger partial charge on any atom is 0.191 e. The summed E-state index contributed by atoms with van der Waals surface area (Å²) in [6.45, 7) is 4.28. The first-order valence-electron chi connectivity index (χ1n) is 7.04. The van der Waals surface area contributed by atoms with Crippen LogP contribution in [-0.2, 0) is 14.3 Å². The molecule has 102 valence electrons. The van der Waals surface area contributed by atoms with Crippen molar-refractivity contribution in [1.82, 2.24) is 0 Å². The van der Waals surface area contributed by atoms with E-state index in [-0.39, 0.29) is 29.3 Å². The van der Waals surface area contributed by atoms with Crippen molar-refractivity contribution >= 4 is 11.6 Å². The summed E-state index contributed by atoms with van der Waals surface area (Å²) in [5, 5.41) is 0.